The van der Waals surface area contributed by atoms with Crippen LogP contribution in [0.5, 0.6) is 0 Å². The predicted octanol–water partition coefficient (Wildman–Crippen LogP) is 3.82. The molecule has 2 N–H and O–H groups in total. The number of aromatic nitrogens is 1. The van der Waals surface area contributed by atoms with Gasteiger partial charge in [-0.05, 0) is 40.1 Å². The molecule has 0 saturated heterocycles. The average molecular weight is 354 g/mol. The molecule has 0 fully saturated rings. The molecular formula is C13H8FIN2O. The van der Waals surface area contributed by atoms with Crippen molar-refractivity contribution in [2.24, 2.45) is 0 Å². The molecule has 1 heterocycles. The molecule has 3 aromatic rings. The highest BCUT2D eigenvalue weighted by molar-refractivity contribution is 14.1. The van der Waals surface area contributed by atoms with E-state index in [0.29, 0.717) is 17.0 Å². The van der Waals surface area contributed by atoms with E-state index >= 15 is 0 Å². The highest BCUT2D eigenvalue weighted by Gasteiger charge is 2.16. The van der Waals surface area contributed by atoms with Crippen molar-refractivity contribution >= 4 is 39.2 Å². The van der Waals surface area contributed by atoms with Crippen LogP contribution in [0.4, 0.5) is 10.2 Å². The Morgan fingerprint density at radius 3 is 2.50 bits per heavy atom. The number of nitrogen functional groups attached to an aromatic ring is 1. The fraction of sp³-hybridized carbons (Fsp3) is 0. The predicted molar refractivity (Wildman–Crippen MR) is 76.5 cm³/mol. The number of halogens is 2. The first-order chi connectivity index (χ1) is 8.68. The van der Waals surface area contributed by atoms with E-state index in [2.05, 4.69) is 27.7 Å². The molecule has 0 saturated carbocycles. The first-order valence-corrected chi connectivity index (χ1v) is 6.34. The second-order valence-electron chi connectivity index (χ2n) is 3.85. The van der Waals surface area contributed by atoms with E-state index in [4.69, 9.17) is 10.3 Å². The van der Waals surface area contributed by atoms with Gasteiger partial charge in [0, 0.05) is 10.9 Å². The van der Waals surface area contributed by atoms with Crippen LogP contribution in [0, 0.1) is 9.39 Å². The van der Waals surface area contributed by atoms with Crippen molar-refractivity contribution in [3.63, 3.8) is 0 Å². The molecule has 3 nitrogen and oxygen atoms in total. The van der Waals surface area contributed by atoms with E-state index < -0.39 is 0 Å². The minimum absolute atomic E-state index is 0.253. The van der Waals surface area contributed by atoms with Gasteiger partial charge in [-0.25, -0.2) is 4.39 Å². The second-order valence-corrected chi connectivity index (χ2v) is 4.93. The summed E-state index contributed by atoms with van der Waals surface area (Å²) in [6.07, 6.45) is 0. The summed E-state index contributed by atoms with van der Waals surface area (Å²) in [5, 5.41) is 5.06. The molecule has 0 aliphatic carbocycles. The zero-order valence-corrected chi connectivity index (χ0v) is 11.3. The van der Waals surface area contributed by atoms with Crippen molar-refractivity contribution in [3.05, 3.63) is 45.8 Å². The highest BCUT2D eigenvalue weighted by atomic mass is 127. The van der Waals surface area contributed by atoms with E-state index in [9.17, 15) is 4.39 Å². The molecule has 0 aliphatic heterocycles. The Labute approximate surface area is 116 Å². The summed E-state index contributed by atoms with van der Waals surface area (Å²) in [5.41, 5.74) is 6.46. The lowest BCUT2D eigenvalue weighted by atomic mass is 10.0. The number of fused-ring (bicyclic) bond motifs is 1. The van der Waals surface area contributed by atoms with Crippen molar-refractivity contribution in [3.8, 4) is 11.3 Å². The largest absolute Gasteiger partial charge is 0.380 e. The van der Waals surface area contributed by atoms with E-state index in [1.165, 1.54) is 6.07 Å². The lowest BCUT2D eigenvalue weighted by Gasteiger charge is -2.04. The molecule has 18 heavy (non-hydrogen) atoms. The molecule has 3 rings (SSSR count). The van der Waals surface area contributed by atoms with Crippen molar-refractivity contribution in [1.29, 1.82) is 0 Å². The van der Waals surface area contributed by atoms with Gasteiger partial charge < -0.3 is 10.3 Å². The quantitative estimate of drug-likeness (QED) is 0.676. The van der Waals surface area contributed by atoms with Gasteiger partial charge in [-0.1, -0.05) is 29.4 Å². The molecular weight excluding hydrogens is 346 g/mol. The van der Waals surface area contributed by atoms with Crippen LogP contribution < -0.4 is 5.73 Å². The van der Waals surface area contributed by atoms with Crippen LogP contribution in [-0.2, 0) is 0 Å². The Hall–Kier alpha value is -1.63. The molecule has 5 heteroatoms. The Morgan fingerprint density at radius 2 is 1.83 bits per heavy atom. The molecule has 0 radical (unpaired) electrons. The molecule has 0 bridgehead atoms. The van der Waals surface area contributed by atoms with E-state index in [0.717, 1.165) is 14.5 Å². The van der Waals surface area contributed by atoms with E-state index in [1.807, 2.05) is 12.1 Å². The van der Waals surface area contributed by atoms with Gasteiger partial charge in [0.1, 0.15) is 9.39 Å². The highest BCUT2D eigenvalue weighted by Crippen LogP contribution is 2.34. The van der Waals surface area contributed by atoms with Crippen molar-refractivity contribution in [1.82, 2.24) is 5.16 Å². The Morgan fingerprint density at radius 1 is 1.11 bits per heavy atom. The maximum Gasteiger partial charge on any atom is 0.183 e. The monoisotopic (exact) mass is 354 g/mol. The second kappa shape index (κ2) is 4.24. The number of hydrogen-bond donors (Lipinski definition) is 1. The van der Waals surface area contributed by atoms with Crippen LogP contribution in [0.15, 0.2) is 40.9 Å². The lowest BCUT2D eigenvalue weighted by molar-refractivity contribution is 0.435. The third kappa shape index (κ3) is 1.66. The van der Waals surface area contributed by atoms with Crippen LogP contribution in [0.2, 0.25) is 0 Å². The molecule has 1 aromatic heterocycles. The summed E-state index contributed by atoms with van der Waals surface area (Å²) < 4.78 is 19.7. The first-order valence-electron chi connectivity index (χ1n) is 5.26. The summed E-state index contributed by atoms with van der Waals surface area (Å²) in [6.45, 7) is 0. The van der Waals surface area contributed by atoms with Gasteiger partial charge >= 0.3 is 0 Å². The van der Waals surface area contributed by atoms with E-state index in [-0.39, 0.29) is 5.82 Å². The fourth-order valence-corrected chi connectivity index (χ4v) is 2.41. The van der Waals surface area contributed by atoms with Crippen LogP contribution in [0.1, 0.15) is 0 Å². The Bertz CT molecular complexity index is 739. The standard InChI is InChI=1S/C13H8FIN2O/c14-10-6-5-9(7-3-1-2-4-8(7)10)12-11(15)13(16)17-18-12/h1-6H,(H2,16,17). The van der Waals surface area contributed by atoms with Gasteiger partial charge in [0.2, 0.25) is 0 Å². The number of nitrogens with two attached hydrogens (primary N) is 1. The number of nitrogens with zero attached hydrogens (tertiary/aromatic N) is 1. The minimum Gasteiger partial charge on any atom is -0.380 e. The number of anilines is 1. The SMILES string of the molecule is Nc1noc(-c2ccc(F)c3ccccc23)c1I. The number of benzene rings is 2. The molecule has 2 aromatic carbocycles. The maximum absolute atomic E-state index is 13.7. The summed E-state index contributed by atoms with van der Waals surface area (Å²) in [6, 6.07) is 10.3. The lowest BCUT2D eigenvalue weighted by Crippen LogP contribution is -1.88. The molecule has 0 amide bonds. The molecule has 0 aliphatic rings. The maximum atomic E-state index is 13.7. The summed E-state index contributed by atoms with van der Waals surface area (Å²) in [4.78, 5) is 0. The van der Waals surface area contributed by atoms with Crippen LogP contribution >= 0.6 is 22.6 Å². The minimum atomic E-state index is -0.253. The van der Waals surface area contributed by atoms with Crippen molar-refractivity contribution in [2.45, 2.75) is 0 Å². The topological polar surface area (TPSA) is 52.0 Å². The van der Waals surface area contributed by atoms with Gasteiger partial charge in [0.05, 0.1) is 0 Å². The molecule has 0 unspecified atom stereocenters. The zero-order valence-electron chi connectivity index (χ0n) is 9.15. The Kier molecular flexibility index (Phi) is 2.70. The van der Waals surface area contributed by atoms with Gasteiger partial charge in [-0.2, -0.15) is 0 Å². The van der Waals surface area contributed by atoms with Crippen molar-refractivity contribution in [2.75, 3.05) is 5.73 Å². The number of rotatable bonds is 1. The normalized spacial score (nSPS) is 11.0. The first kappa shape index (κ1) is 11.5. The van der Waals surface area contributed by atoms with Crippen LogP contribution in [0.25, 0.3) is 22.1 Å². The number of hydrogen-bond acceptors (Lipinski definition) is 3. The third-order valence-corrected chi connectivity index (χ3v) is 3.82. The average Bonchev–Trinajstić information content (AvgIpc) is 2.71. The summed E-state index contributed by atoms with van der Waals surface area (Å²) >= 11 is 2.07. The molecule has 0 atom stereocenters. The van der Waals surface area contributed by atoms with Gasteiger partial charge in [0.25, 0.3) is 0 Å². The van der Waals surface area contributed by atoms with Crippen LogP contribution in [0.3, 0.4) is 0 Å². The zero-order chi connectivity index (χ0) is 12.7. The van der Waals surface area contributed by atoms with Gasteiger partial charge in [-0.15, -0.1) is 0 Å². The Balaban J connectivity index is 2.37. The van der Waals surface area contributed by atoms with Gasteiger partial charge in [-0.3, -0.25) is 0 Å². The van der Waals surface area contributed by atoms with Crippen molar-refractivity contribution < 1.29 is 8.91 Å². The summed E-state index contributed by atoms with van der Waals surface area (Å²) in [7, 11) is 0. The van der Waals surface area contributed by atoms with Crippen LogP contribution in [-0.4, -0.2) is 5.16 Å². The smallest absolute Gasteiger partial charge is 0.183 e. The third-order valence-electron chi connectivity index (χ3n) is 2.78. The summed E-state index contributed by atoms with van der Waals surface area (Å²) in [5.74, 6) is 0.667. The van der Waals surface area contributed by atoms with E-state index in [1.54, 1.807) is 18.2 Å². The fourth-order valence-electron chi connectivity index (χ4n) is 1.92. The molecule has 0 spiro atoms. The van der Waals surface area contributed by atoms with Gasteiger partial charge in [0.15, 0.2) is 11.6 Å². The molecule has 90 valence electrons.